The summed E-state index contributed by atoms with van der Waals surface area (Å²) in [6.45, 7) is 4.22. The topological polar surface area (TPSA) is 79.5 Å². The highest BCUT2D eigenvalue weighted by Gasteiger charge is 2.01. The number of aliphatic imine (C=N–C) groups is 1. The Bertz CT molecular complexity index is 468. The highest BCUT2D eigenvalue weighted by molar-refractivity contribution is 14.0. The molecule has 0 unspecified atom stereocenters. The van der Waals surface area contributed by atoms with Crippen molar-refractivity contribution in [2.75, 3.05) is 25.1 Å². The van der Waals surface area contributed by atoms with Crippen molar-refractivity contribution < 1.29 is 4.79 Å². The molecule has 21 heavy (non-hydrogen) atoms. The van der Waals surface area contributed by atoms with E-state index in [2.05, 4.69) is 21.9 Å². The van der Waals surface area contributed by atoms with Crippen LogP contribution in [0.25, 0.3) is 0 Å². The smallest absolute Gasteiger partial charge is 0.248 e. The Morgan fingerprint density at radius 1 is 1.38 bits per heavy atom. The molecule has 0 heterocycles. The van der Waals surface area contributed by atoms with Crippen LogP contribution in [0.1, 0.15) is 22.8 Å². The molecule has 7 heteroatoms. The Balaban J connectivity index is 0.00000400. The molecule has 0 aromatic heterocycles. The van der Waals surface area contributed by atoms with Crippen LogP contribution in [-0.2, 0) is 6.54 Å². The fourth-order valence-corrected chi connectivity index (χ4v) is 1.91. The Morgan fingerprint density at radius 3 is 2.76 bits per heavy atom. The molecule has 5 nitrogen and oxygen atoms in total. The van der Waals surface area contributed by atoms with E-state index in [-0.39, 0.29) is 24.0 Å². The van der Waals surface area contributed by atoms with Crippen molar-refractivity contribution in [2.45, 2.75) is 13.5 Å². The largest absolute Gasteiger partial charge is 0.366 e. The highest BCUT2D eigenvalue weighted by Crippen LogP contribution is 2.06. The van der Waals surface area contributed by atoms with Crippen LogP contribution in [0.15, 0.2) is 29.3 Å². The molecule has 0 saturated heterocycles. The van der Waals surface area contributed by atoms with Crippen molar-refractivity contribution >= 4 is 47.6 Å². The molecule has 0 radical (unpaired) electrons. The van der Waals surface area contributed by atoms with Crippen molar-refractivity contribution in [2.24, 2.45) is 10.7 Å². The van der Waals surface area contributed by atoms with Gasteiger partial charge in [0.05, 0.1) is 6.54 Å². The lowest BCUT2D eigenvalue weighted by Crippen LogP contribution is -2.38. The number of thioether (sulfide) groups is 1. The quantitative estimate of drug-likeness (QED) is 0.271. The Kier molecular flexibility index (Phi) is 11.1. The third kappa shape index (κ3) is 8.15. The van der Waals surface area contributed by atoms with Gasteiger partial charge in [0.25, 0.3) is 0 Å². The fourth-order valence-electron chi connectivity index (χ4n) is 1.61. The molecule has 0 saturated carbocycles. The minimum absolute atomic E-state index is 0. The van der Waals surface area contributed by atoms with Gasteiger partial charge in [-0.1, -0.05) is 12.1 Å². The van der Waals surface area contributed by atoms with Crippen LogP contribution >= 0.6 is 35.7 Å². The van der Waals surface area contributed by atoms with E-state index < -0.39 is 5.91 Å². The second-order valence-electron chi connectivity index (χ2n) is 4.18. The minimum atomic E-state index is -0.416. The Morgan fingerprint density at radius 2 is 2.14 bits per heavy atom. The van der Waals surface area contributed by atoms with E-state index in [1.54, 1.807) is 23.9 Å². The predicted octanol–water partition coefficient (Wildman–Crippen LogP) is 1.82. The van der Waals surface area contributed by atoms with Gasteiger partial charge < -0.3 is 16.4 Å². The SMILES string of the molecule is CCNC(=NCc1cccc(C(N)=O)c1)NCCSC.I. The number of nitrogens with zero attached hydrogens (tertiary/aromatic N) is 1. The Labute approximate surface area is 147 Å². The van der Waals surface area contributed by atoms with E-state index in [9.17, 15) is 4.79 Å². The van der Waals surface area contributed by atoms with Crippen LogP contribution in [0.4, 0.5) is 0 Å². The van der Waals surface area contributed by atoms with E-state index >= 15 is 0 Å². The van der Waals surface area contributed by atoms with Gasteiger partial charge in [0, 0.05) is 24.4 Å². The molecule has 0 aliphatic rings. The third-order valence-electron chi connectivity index (χ3n) is 2.57. The number of nitrogens with two attached hydrogens (primary N) is 1. The van der Waals surface area contributed by atoms with Gasteiger partial charge >= 0.3 is 0 Å². The number of amides is 1. The van der Waals surface area contributed by atoms with Gasteiger partial charge in [-0.05, 0) is 30.9 Å². The summed E-state index contributed by atoms with van der Waals surface area (Å²) in [4.78, 5) is 15.6. The van der Waals surface area contributed by atoms with Crippen molar-refractivity contribution in [1.29, 1.82) is 0 Å². The van der Waals surface area contributed by atoms with Crippen LogP contribution in [0.2, 0.25) is 0 Å². The maximum Gasteiger partial charge on any atom is 0.248 e. The average Bonchev–Trinajstić information content (AvgIpc) is 2.45. The first-order valence-electron chi connectivity index (χ1n) is 6.57. The second kappa shape index (κ2) is 11.7. The standard InChI is InChI=1S/C14H22N4OS.HI/c1-3-16-14(17-7-8-20-2)18-10-11-5-4-6-12(9-11)13(15)19;/h4-6,9H,3,7-8,10H2,1-2H3,(H2,15,19)(H2,16,17,18);1H. The van der Waals surface area contributed by atoms with Crippen molar-refractivity contribution in [3.63, 3.8) is 0 Å². The molecule has 1 aromatic rings. The number of hydrogen-bond acceptors (Lipinski definition) is 3. The number of halogens is 1. The summed E-state index contributed by atoms with van der Waals surface area (Å²) in [5.41, 5.74) is 6.74. The number of benzene rings is 1. The summed E-state index contributed by atoms with van der Waals surface area (Å²) in [5, 5.41) is 6.44. The third-order valence-corrected chi connectivity index (χ3v) is 3.19. The fraction of sp³-hybridized carbons (Fsp3) is 0.429. The van der Waals surface area contributed by atoms with Crippen LogP contribution in [0.3, 0.4) is 0 Å². The predicted molar refractivity (Wildman–Crippen MR) is 102 cm³/mol. The van der Waals surface area contributed by atoms with Gasteiger partial charge in [0.2, 0.25) is 5.91 Å². The summed E-state index contributed by atoms with van der Waals surface area (Å²) in [7, 11) is 0. The van der Waals surface area contributed by atoms with E-state index in [0.717, 1.165) is 30.4 Å². The maximum atomic E-state index is 11.1. The van der Waals surface area contributed by atoms with Crippen LogP contribution in [-0.4, -0.2) is 37.0 Å². The molecule has 0 aliphatic heterocycles. The van der Waals surface area contributed by atoms with E-state index in [1.165, 1.54) is 0 Å². The van der Waals surface area contributed by atoms with Crippen molar-refractivity contribution in [1.82, 2.24) is 10.6 Å². The maximum absolute atomic E-state index is 11.1. The molecule has 4 N–H and O–H groups in total. The lowest BCUT2D eigenvalue weighted by molar-refractivity contribution is 0.1000. The van der Waals surface area contributed by atoms with E-state index in [4.69, 9.17) is 5.73 Å². The van der Waals surface area contributed by atoms with E-state index in [1.807, 2.05) is 19.1 Å². The lowest BCUT2D eigenvalue weighted by atomic mass is 10.1. The normalized spacial score (nSPS) is 10.7. The molecule has 1 rings (SSSR count). The molecule has 0 bridgehead atoms. The lowest BCUT2D eigenvalue weighted by Gasteiger charge is -2.10. The molecule has 1 amide bonds. The molecule has 0 aliphatic carbocycles. The second-order valence-corrected chi connectivity index (χ2v) is 5.16. The number of guanidine groups is 1. The Hall–Kier alpha value is -0.960. The minimum Gasteiger partial charge on any atom is -0.366 e. The van der Waals surface area contributed by atoms with Crippen molar-refractivity contribution in [3.05, 3.63) is 35.4 Å². The summed E-state index contributed by atoms with van der Waals surface area (Å²) >= 11 is 1.78. The zero-order valence-corrected chi connectivity index (χ0v) is 15.5. The first kappa shape index (κ1) is 20.0. The van der Waals surface area contributed by atoms with Gasteiger partial charge in [-0.25, -0.2) is 4.99 Å². The first-order valence-corrected chi connectivity index (χ1v) is 7.96. The van der Waals surface area contributed by atoms with Crippen LogP contribution in [0, 0.1) is 0 Å². The number of hydrogen-bond donors (Lipinski definition) is 3. The molecular weight excluding hydrogens is 399 g/mol. The summed E-state index contributed by atoms with van der Waals surface area (Å²) in [6.07, 6.45) is 2.07. The summed E-state index contributed by atoms with van der Waals surface area (Å²) < 4.78 is 0. The van der Waals surface area contributed by atoms with Gasteiger partial charge in [-0.2, -0.15) is 11.8 Å². The molecule has 0 atom stereocenters. The molecule has 0 spiro atoms. The molecule has 1 aromatic carbocycles. The molecule has 0 fully saturated rings. The monoisotopic (exact) mass is 422 g/mol. The number of primary amides is 1. The van der Waals surface area contributed by atoms with Gasteiger partial charge in [0.1, 0.15) is 0 Å². The first-order chi connectivity index (χ1) is 9.67. The van der Waals surface area contributed by atoms with Crippen LogP contribution in [0.5, 0.6) is 0 Å². The van der Waals surface area contributed by atoms with Gasteiger partial charge in [-0.15, -0.1) is 24.0 Å². The highest BCUT2D eigenvalue weighted by atomic mass is 127. The number of nitrogens with one attached hydrogen (secondary N) is 2. The van der Waals surface area contributed by atoms with Crippen molar-refractivity contribution in [3.8, 4) is 0 Å². The number of carbonyl (C=O) groups is 1. The average molecular weight is 422 g/mol. The summed E-state index contributed by atoms with van der Waals surface area (Å²) in [6, 6.07) is 7.23. The summed E-state index contributed by atoms with van der Waals surface area (Å²) in [5.74, 6) is 1.40. The molecule has 118 valence electrons. The van der Waals surface area contributed by atoms with Gasteiger partial charge in [-0.3, -0.25) is 4.79 Å². The zero-order chi connectivity index (χ0) is 14.8. The zero-order valence-electron chi connectivity index (χ0n) is 12.4. The van der Waals surface area contributed by atoms with Crippen LogP contribution < -0.4 is 16.4 Å². The molecular formula is C14H23IN4OS. The number of carbonyl (C=O) groups excluding carboxylic acids is 1. The van der Waals surface area contributed by atoms with Gasteiger partial charge in [0.15, 0.2) is 5.96 Å². The van der Waals surface area contributed by atoms with E-state index in [0.29, 0.717) is 12.1 Å². The number of rotatable bonds is 7.